The summed E-state index contributed by atoms with van der Waals surface area (Å²) in [7, 11) is 2.12. The first-order valence-electron chi connectivity index (χ1n) is 5.74. The van der Waals surface area contributed by atoms with Crippen molar-refractivity contribution in [3.8, 4) is 11.8 Å². The summed E-state index contributed by atoms with van der Waals surface area (Å²) in [6.07, 6.45) is 2.60. The molecule has 0 unspecified atom stereocenters. The Kier molecular flexibility index (Phi) is 4.03. The summed E-state index contributed by atoms with van der Waals surface area (Å²) >= 11 is 3.35. The predicted octanol–water partition coefficient (Wildman–Crippen LogP) is 2.79. The summed E-state index contributed by atoms with van der Waals surface area (Å²) in [5.74, 6) is 0.658. The number of ether oxygens (including phenoxy) is 1. The highest BCUT2D eigenvalue weighted by molar-refractivity contribution is 9.10. The highest BCUT2D eigenvalue weighted by Gasteiger charge is 2.25. The first-order chi connectivity index (χ1) is 8.22. The van der Waals surface area contributed by atoms with Crippen LogP contribution in [0.3, 0.4) is 0 Å². The van der Waals surface area contributed by atoms with Crippen molar-refractivity contribution in [3.63, 3.8) is 0 Å². The third-order valence-electron chi connectivity index (χ3n) is 2.96. The van der Waals surface area contributed by atoms with Crippen LogP contribution in [0.2, 0.25) is 0 Å². The quantitative estimate of drug-likeness (QED) is 0.838. The van der Waals surface area contributed by atoms with Gasteiger partial charge in [-0.25, -0.2) is 0 Å². The Balaban J connectivity index is 1.90. The largest absolute Gasteiger partial charge is 0.491 e. The summed E-state index contributed by atoms with van der Waals surface area (Å²) in [4.78, 5) is 2.31. The van der Waals surface area contributed by atoms with E-state index in [9.17, 15) is 0 Å². The van der Waals surface area contributed by atoms with E-state index < -0.39 is 0 Å². The van der Waals surface area contributed by atoms with Crippen LogP contribution in [0.4, 0.5) is 0 Å². The first kappa shape index (κ1) is 12.4. The molecule has 1 fully saturated rings. The molecule has 0 atom stereocenters. The predicted molar refractivity (Wildman–Crippen MR) is 70.0 cm³/mol. The maximum atomic E-state index is 9.04. The molecule has 0 aromatic heterocycles. The lowest BCUT2D eigenvalue weighted by atomic mass is 10.2. The van der Waals surface area contributed by atoms with Gasteiger partial charge < -0.3 is 9.64 Å². The third kappa shape index (κ3) is 3.21. The Morgan fingerprint density at radius 3 is 2.94 bits per heavy atom. The highest BCUT2D eigenvalue weighted by atomic mass is 79.9. The van der Waals surface area contributed by atoms with E-state index in [2.05, 4.69) is 33.9 Å². The molecule has 1 saturated carbocycles. The Labute approximate surface area is 110 Å². The van der Waals surface area contributed by atoms with Gasteiger partial charge in [-0.3, -0.25) is 0 Å². The maximum absolute atomic E-state index is 9.04. The van der Waals surface area contributed by atoms with E-state index in [-0.39, 0.29) is 0 Å². The lowest BCUT2D eigenvalue weighted by Gasteiger charge is -2.16. The van der Waals surface area contributed by atoms with Crippen molar-refractivity contribution in [2.75, 3.05) is 20.2 Å². The molecule has 2 rings (SSSR count). The molecule has 0 radical (unpaired) electrons. The van der Waals surface area contributed by atoms with Crippen LogP contribution in [0, 0.1) is 11.3 Å². The van der Waals surface area contributed by atoms with Crippen LogP contribution in [0.5, 0.6) is 5.75 Å². The first-order valence-corrected chi connectivity index (χ1v) is 6.53. The number of rotatable bonds is 5. The summed E-state index contributed by atoms with van der Waals surface area (Å²) in [5.41, 5.74) is 0.571. The SMILES string of the molecule is CN(CCOc1cccc(Br)c1C#N)C1CC1. The zero-order chi connectivity index (χ0) is 12.3. The maximum Gasteiger partial charge on any atom is 0.138 e. The topological polar surface area (TPSA) is 36.3 Å². The second kappa shape index (κ2) is 5.52. The fraction of sp³-hybridized carbons (Fsp3) is 0.462. The molecule has 0 spiro atoms. The van der Waals surface area contributed by atoms with Crippen molar-refractivity contribution in [2.24, 2.45) is 0 Å². The van der Waals surface area contributed by atoms with Crippen molar-refractivity contribution in [1.29, 1.82) is 5.26 Å². The monoisotopic (exact) mass is 294 g/mol. The summed E-state index contributed by atoms with van der Waals surface area (Å²) in [6, 6.07) is 8.46. The van der Waals surface area contributed by atoms with E-state index in [0.29, 0.717) is 17.9 Å². The van der Waals surface area contributed by atoms with Gasteiger partial charge in [-0.15, -0.1) is 0 Å². The molecule has 0 amide bonds. The normalized spacial score (nSPS) is 14.7. The van der Waals surface area contributed by atoms with Crippen LogP contribution in [0.15, 0.2) is 22.7 Å². The molecule has 0 heterocycles. The van der Waals surface area contributed by atoms with Crippen molar-refractivity contribution in [3.05, 3.63) is 28.2 Å². The van der Waals surface area contributed by atoms with E-state index in [4.69, 9.17) is 10.00 Å². The molecule has 0 bridgehead atoms. The van der Waals surface area contributed by atoms with Gasteiger partial charge >= 0.3 is 0 Å². The molecule has 1 aromatic carbocycles. The molecule has 0 saturated heterocycles. The minimum atomic E-state index is 0.571. The van der Waals surface area contributed by atoms with Gasteiger partial charge in [-0.05, 0) is 48.0 Å². The fourth-order valence-electron chi connectivity index (χ4n) is 1.73. The molecule has 0 N–H and O–H groups in total. The van der Waals surface area contributed by atoms with E-state index in [1.54, 1.807) is 0 Å². The average Bonchev–Trinajstić information content (AvgIpc) is 3.13. The van der Waals surface area contributed by atoms with Gasteiger partial charge in [0.05, 0.1) is 0 Å². The van der Waals surface area contributed by atoms with Crippen LogP contribution in [0.1, 0.15) is 18.4 Å². The van der Waals surface area contributed by atoms with Gasteiger partial charge in [-0.2, -0.15) is 5.26 Å². The van der Waals surface area contributed by atoms with Gasteiger partial charge in [0, 0.05) is 17.1 Å². The van der Waals surface area contributed by atoms with Crippen LogP contribution in [-0.4, -0.2) is 31.1 Å². The van der Waals surface area contributed by atoms with Gasteiger partial charge in [0.15, 0.2) is 0 Å². The average molecular weight is 295 g/mol. The number of hydrogen-bond donors (Lipinski definition) is 0. The molecular weight excluding hydrogens is 280 g/mol. The van der Waals surface area contributed by atoms with Crippen molar-refractivity contribution < 1.29 is 4.74 Å². The number of nitriles is 1. The number of nitrogens with zero attached hydrogens (tertiary/aromatic N) is 2. The zero-order valence-corrected chi connectivity index (χ0v) is 11.4. The van der Waals surface area contributed by atoms with E-state index >= 15 is 0 Å². The molecule has 90 valence electrons. The van der Waals surface area contributed by atoms with Crippen LogP contribution in [0.25, 0.3) is 0 Å². The van der Waals surface area contributed by atoms with Gasteiger partial charge in [0.25, 0.3) is 0 Å². The van der Waals surface area contributed by atoms with Crippen molar-refractivity contribution in [1.82, 2.24) is 4.90 Å². The number of halogens is 1. The van der Waals surface area contributed by atoms with Crippen LogP contribution < -0.4 is 4.74 Å². The Hall–Kier alpha value is -1.05. The minimum Gasteiger partial charge on any atom is -0.491 e. The molecule has 1 aromatic rings. The second-order valence-corrected chi connectivity index (χ2v) is 5.14. The summed E-state index contributed by atoms with van der Waals surface area (Å²) in [6.45, 7) is 1.53. The van der Waals surface area contributed by atoms with Gasteiger partial charge in [-0.1, -0.05) is 6.07 Å². The number of likely N-dealkylation sites (N-methyl/N-ethyl adjacent to an activating group) is 1. The molecule has 1 aliphatic rings. The standard InChI is InChI=1S/C13H15BrN2O/c1-16(10-5-6-10)7-8-17-13-4-2-3-12(14)11(13)9-15/h2-4,10H,5-8H2,1H3. The smallest absolute Gasteiger partial charge is 0.138 e. The third-order valence-corrected chi connectivity index (χ3v) is 3.62. The van der Waals surface area contributed by atoms with E-state index in [1.165, 1.54) is 12.8 Å². The Bertz CT molecular complexity index is 438. The number of benzene rings is 1. The van der Waals surface area contributed by atoms with Crippen LogP contribution in [-0.2, 0) is 0 Å². The molecule has 4 heteroatoms. The van der Waals surface area contributed by atoms with Gasteiger partial charge in [0.2, 0.25) is 0 Å². The molecule has 3 nitrogen and oxygen atoms in total. The lowest BCUT2D eigenvalue weighted by Crippen LogP contribution is -2.26. The minimum absolute atomic E-state index is 0.571. The van der Waals surface area contributed by atoms with Crippen molar-refractivity contribution in [2.45, 2.75) is 18.9 Å². The van der Waals surface area contributed by atoms with E-state index in [0.717, 1.165) is 17.1 Å². The van der Waals surface area contributed by atoms with Gasteiger partial charge in [0.1, 0.15) is 24.0 Å². The molecular formula is C13H15BrN2O. The van der Waals surface area contributed by atoms with Crippen molar-refractivity contribution >= 4 is 15.9 Å². The molecule has 1 aliphatic carbocycles. The second-order valence-electron chi connectivity index (χ2n) is 4.29. The summed E-state index contributed by atoms with van der Waals surface area (Å²) < 4.78 is 6.45. The Morgan fingerprint density at radius 2 is 2.29 bits per heavy atom. The van der Waals surface area contributed by atoms with Crippen LogP contribution >= 0.6 is 15.9 Å². The number of hydrogen-bond acceptors (Lipinski definition) is 3. The molecule has 0 aliphatic heterocycles. The van der Waals surface area contributed by atoms with E-state index in [1.807, 2.05) is 18.2 Å². The zero-order valence-electron chi connectivity index (χ0n) is 9.82. The fourth-order valence-corrected chi connectivity index (χ4v) is 2.17. The Morgan fingerprint density at radius 1 is 1.53 bits per heavy atom. The molecule has 17 heavy (non-hydrogen) atoms. The summed E-state index contributed by atoms with van der Waals surface area (Å²) in [5, 5.41) is 9.04. The highest BCUT2D eigenvalue weighted by Crippen LogP contribution is 2.27. The lowest BCUT2D eigenvalue weighted by molar-refractivity contribution is 0.231.